The van der Waals surface area contributed by atoms with E-state index in [1.54, 1.807) is 18.2 Å². The second-order valence-electron chi connectivity index (χ2n) is 3.37. The van der Waals surface area contributed by atoms with E-state index in [1.165, 1.54) is 6.26 Å². The summed E-state index contributed by atoms with van der Waals surface area (Å²) in [6.07, 6.45) is 1.53. The number of aromatic nitrogens is 2. The lowest BCUT2D eigenvalue weighted by Gasteiger charge is -2.08. The molecule has 0 aliphatic rings. The minimum Gasteiger partial charge on any atom is -0.476 e. The number of hydrogen-bond donors (Lipinski definition) is 2. The molecular weight excluding hydrogens is 220 g/mol. The fourth-order valence-corrected chi connectivity index (χ4v) is 1.31. The van der Waals surface area contributed by atoms with Crippen LogP contribution in [0.1, 0.15) is 12.6 Å². The van der Waals surface area contributed by atoms with Crippen molar-refractivity contribution in [2.24, 2.45) is 0 Å². The van der Waals surface area contributed by atoms with Crippen LogP contribution in [0.15, 0.2) is 29.0 Å². The summed E-state index contributed by atoms with van der Waals surface area (Å²) in [5.74, 6) is 1.13. The number of nitrogens with one attached hydrogen (secondary N) is 1. The van der Waals surface area contributed by atoms with Crippen molar-refractivity contribution >= 4 is 11.5 Å². The van der Waals surface area contributed by atoms with Gasteiger partial charge in [-0.05, 0) is 19.1 Å². The molecule has 2 aromatic rings. The minimum atomic E-state index is 0.442. The number of nitrogens with zero attached hydrogens (tertiary/aromatic N) is 2. The Bertz CT molecular complexity index is 470. The lowest BCUT2D eigenvalue weighted by Crippen LogP contribution is -2.05. The predicted molar refractivity (Wildman–Crippen MR) is 63.6 cm³/mol. The van der Waals surface area contributed by atoms with E-state index in [0.717, 1.165) is 5.69 Å². The van der Waals surface area contributed by atoms with Crippen LogP contribution < -0.4 is 15.8 Å². The van der Waals surface area contributed by atoms with Crippen molar-refractivity contribution in [3.8, 4) is 5.88 Å². The third kappa shape index (κ3) is 2.87. The first-order chi connectivity index (χ1) is 8.29. The highest BCUT2D eigenvalue weighted by Crippen LogP contribution is 2.20. The minimum absolute atomic E-state index is 0.442. The molecule has 0 radical (unpaired) electrons. The van der Waals surface area contributed by atoms with Crippen molar-refractivity contribution in [1.82, 2.24) is 10.1 Å². The van der Waals surface area contributed by atoms with Crippen LogP contribution in [0.4, 0.5) is 11.5 Å². The van der Waals surface area contributed by atoms with Crippen LogP contribution >= 0.6 is 0 Å². The number of nitrogens with two attached hydrogens (primary N) is 1. The molecule has 0 aliphatic heterocycles. The van der Waals surface area contributed by atoms with Gasteiger partial charge in [0.1, 0.15) is 17.8 Å². The van der Waals surface area contributed by atoms with E-state index in [2.05, 4.69) is 15.5 Å². The summed E-state index contributed by atoms with van der Waals surface area (Å²) in [6, 6.07) is 5.33. The maximum atomic E-state index is 5.72. The molecule has 0 amide bonds. The third-order valence-electron chi connectivity index (χ3n) is 2.11. The van der Waals surface area contributed by atoms with E-state index in [9.17, 15) is 0 Å². The lowest BCUT2D eigenvalue weighted by molar-refractivity contribution is 0.329. The third-order valence-corrected chi connectivity index (χ3v) is 2.11. The molecule has 0 unspecified atom stereocenters. The number of nitrogen functional groups attached to an aromatic ring is 1. The van der Waals surface area contributed by atoms with E-state index < -0.39 is 0 Å². The summed E-state index contributed by atoms with van der Waals surface area (Å²) in [5.41, 5.74) is 7.06. The zero-order chi connectivity index (χ0) is 12.1. The zero-order valence-corrected chi connectivity index (χ0v) is 9.51. The van der Waals surface area contributed by atoms with Gasteiger partial charge in [0.2, 0.25) is 5.88 Å². The highest BCUT2D eigenvalue weighted by atomic mass is 16.5. The first kappa shape index (κ1) is 11.3. The molecule has 2 heterocycles. The van der Waals surface area contributed by atoms with Gasteiger partial charge in [-0.3, -0.25) is 0 Å². The predicted octanol–water partition coefficient (Wildman–Crippen LogP) is 1.66. The normalized spacial score (nSPS) is 10.2. The second-order valence-corrected chi connectivity index (χ2v) is 3.37. The molecule has 0 saturated carbocycles. The van der Waals surface area contributed by atoms with E-state index in [4.69, 9.17) is 15.0 Å². The maximum Gasteiger partial charge on any atom is 0.239 e. The molecule has 0 atom stereocenters. The topological polar surface area (TPSA) is 86.2 Å². The Labute approximate surface area is 98.8 Å². The van der Waals surface area contributed by atoms with Gasteiger partial charge >= 0.3 is 0 Å². The van der Waals surface area contributed by atoms with Crippen molar-refractivity contribution in [3.63, 3.8) is 0 Å². The number of pyridine rings is 1. The average molecular weight is 234 g/mol. The van der Waals surface area contributed by atoms with Crippen LogP contribution in [0.3, 0.4) is 0 Å². The molecule has 0 aliphatic carbocycles. The maximum absolute atomic E-state index is 5.72. The van der Waals surface area contributed by atoms with Gasteiger partial charge in [-0.25, -0.2) is 0 Å². The first-order valence-electron chi connectivity index (χ1n) is 5.32. The molecule has 0 fully saturated rings. The molecular formula is C11H14N4O2. The second kappa shape index (κ2) is 5.20. The molecule has 6 heteroatoms. The Hall–Kier alpha value is -2.24. The van der Waals surface area contributed by atoms with Gasteiger partial charge in [0.25, 0.3) is 0 Å². The van der Waals surface area contributed by atoms with Gasteiger partial charge in [-0.2, -0.15) is 4.98 Å². The molecule has 17 heavy (non-hydrogen) atoms. The van der Waals surface area contributed by atoms with E-state index >= 15 is 0 Å². The van der Waals surface area contributed by atoms with Gasteiger partial charge in [0, 0.05) is 6.07 Å². The van der Waals surface area contributed by atoms with Crippen LogP contribution in [-0.4, -0.2) is 16.7 Å². The fourth-order valence-electron chi connectivity index (χ4n) is 1.31. The van der Waals surface area contributed by atoms with E-state index in [-0.39, 0.29) is 0 Å². The summed E-state index contributed by atoms with van der Waals surface area (Å²) in [4.78, 5) is 4.24. The summed E-state index contributed by atoms with van der Waals surface area (Å²) in [6.45, 7) is 2.96. The lowest BCUT2D eigenvalue weighted by atomic mass is 10.4. The number of rotatable bonds is 5. The smallest absolute Gasteiger partial charge is 0.239 e. The first-order valence-corrected chi connectivity index (χ1v) is 5.32. The molecule has 2 rings (SSSR count). The number of ether oxygens (including phenoxy) is 1. The summed E-state index contributed by atoms with van der Waals surface area (Å²) in [7, 11) is 0. The number of anilines is 2. The molecule has 2 aromatic heterocycles. The Morgan fingerprint density at radius 2 is 2.29 bits per heavy atom. The molecule has 0 bridgehead atoms. The highest BCUT2D eigenvalue weighted by molar-refractivity contribution is 5.53. The Morgan fingerprint density at radius 1 is 1.41 bits per heavy atom. The Balaban J connectivity index is 2.03. The van der Waals surface area contributed by atoms with Crippen molar-refractivity contribution in [2.75, 3.05) is 17.7 Å². The largest absolute Gasteiger partial charge is 0.476 e. The van der Waals surface area contributed by atoms with Crippen LogP contribution in [-0.2, 0) is 6.54 Å². The van der Waals surface area contributed by atoms with E-state index in [1.807, 2.05) is 6.92 Å². The summed E-state index contributed by atoms with van der Waals surface area (Å²) in [5, 5.41) is 6.89. The van der Waals surface area contributed by atoms with Crippen molar-refractivity contribution in [3.05, 3.63) is 30.2 Å². The molecule has 90 valence electrons. The number of hydrogen-bond acceptors (Lipinski definition) is 6. The Morgan fingerprint density at radius 3 is 3.00 bits per heavy atom. The fraction of sp³-hybridized carbons (Fsp3) is 0.273. The molecule has 6 nitrogen and oxygen atoms in total. The molecule has 0 aromatic carbocycles. The van der Waals surface area contributed by atoms with Crippen molar-refractivity contribution in [1.29, 1.82) is 0 Å². The van der Waals surface area contributed by atoms with Crippen LogP contribution in [0, 0.1) is 0 Å². The van der Waals surface area contributed by atoms with Crippen molar-refractivity contribution < 1.29 is 9.26 Å². The van der Waals surface area contributed by atoms with Crippen LogP contribution in [0.2, 0.25) is 0 Å². The molecule has 3 N–H and O–H groups in total. The summed E-state index contributed by atoms with van der Waals surface area (Å²) < 4.78 is 10.0. The Kier molecular flexibility index (Phi) is 3.44. The van der Waals surface area contributed by atoms with Gasteiger partial charge < -0.3 is 20.3 Å². The van der Waals surface area contributed by atoms with Gasteiger partial charge in [0.05, 0.1) is 18.8 Å². The SMILES string of the molecule is CCOc1nc(NCc2ccon2)ccc1N. The standard InChI is InChI=1S/C11H14N4O2/c1-2-16-11-9(12)3-4-10(14-11)13-7-8-5-6-17-15-8/h3-6H,2,7,12H2,1H3,(H,13,14). The molecule has 0 spiro atoms. The zero-order valence-electron chi connectivity index (χ0n) is 9.51. The monoisotopic (exact) mass is 234 g/mol. The van der Waals surface area contributed by atoms with Gasteiger partial charge in [-0.1, -0.05) is 5.16 Å². The van der Waals surface area contributed by atoms with Crippen molar-refractivity contribution in [2.45, 2.75) is 13.5 Å². The van der Waals surface area contributed by atoms with Gasteiger partial charge in [-0.15, -0.1) is 0 Å². The van der Waals surface area contributed by atoms with Crippen LogP contribution in [0.25, 0.3) is 0 Å². The van der Waals surface area contributed by atoms with Crippen LogP contribution in [0.5, 0.6) is 5.88 Å². The molecule has 0 saturated heterocycles. The van der Waals surface area contributed by atoms with Gasteiger partial charge in [0.15, 0.2) is 0 Å². The average Bonchev–Trinajstić information content (AvgIpc) is 2.83. The summed E-state index contributed by atoms with van der Waals surface area (Å²) >= 11 is 0. The highest BCUT2D eigenvalue weighted by Gasteiger charge is 2.04. The van der Waals surface area contributed by atoms with E-state index in [0.29, 0.717) is 30.5 Å². The quantitative estimate of drug-likeness (QED) is 0.818.